The van der Waals surface area contributed by atoms with Gasteiger partial charge in [-0.05, 0) is 0 Å². The van der Waals surface area contributed by atoms with Crippen molar-refractivity contribution in [2.24, 2.45) is 7.05 Å². The number of thioether (sulfide) groups is 2. The summed E-state index contributed by atoms with van der Waals surface area (Å²) >= 11 is 4.03. The molecule has 0 amide bonds. The SMILES string of the molecule is Cn1nc(C(=O)O)c2c1CCN(C1CSCCSC1)C2. The zero-order valence-electron chi connectivity index (χ0n) is 11.5. The molecule has 0 unspecified atom stereocenters. The van der Waals surface area contributed by atoms with Gasteiger partial charge in [-0.2, -0.15) is 28.6 Å². The monoisotopic (exact) mass is 313 g/mol. The van der Waals surface area contributed by atoms with E-state index in [1.54, 1.807) is 4.68 Å². The minimum atomic E-state index is -0.909. The highest BCUT2D eigenvalue weighted by Crippen LogP contribution is 2.27. The maximum Gasteiger partial charge on any atom is 0.356 e. The Labute approximate surface area is 127 Å². The van der Waals surface area contributed by atoms with E-state index in [9.17, 15) is 9.90 Å². The summed E-state index contributed by atoms with van der Waals surface area (Å²) in [7, 11) is 1.85. The van der Waals surface area contributed by atoms with E-state index in [2.05, 4.69) is 10.00 Å². The molecule has 1 saturated heterocycles. The van der Waals surface area contributed by atoms with E-state index in [0.29, 0.717) is 6.04 Å². The van der Waals surface area contributed by atoms with E-state index in [0.717, 1.165) is 42.3 Å². The Morgan fingerprint density at radius 2 is 2.05 bits per heavy atom. The predicted molar refractivity (Wildman–Crippen MR) is 82.7 cm³/mol. The highest BCUT2D eigenvalue weighted by atomic mass is 32.2. The second-order valence-electron chi connectivity index (χ2n) is 5.23. The van der Waals surface area contributed by atoms with Gasteiger partial charge in [-0.1, -0.05) is 0 Å². The van der Waals surface area contributed by atoms with Crippen molar-refractivity contribution in [1.29, 1.82) is 0 Å². The lowest BCUT2D eigenvalue weighted by atomic mass is 10.0. The van der Waals surface area contributed by atoms with E-state index >= 15 is 0 Å². The van der Waals surface area contributed by atoms with Crippen LogP contribution in [0.25, 0.3) is 0 Å². The molecule has 0 spiro atoms. The average molecular weight is 313 g/mol. The fraction of sp³-hybridized carbons (Fsp3) is 0.692. The Balaban J connectivity index is 1.81. The summed E-state index contributed by atoms with van der Waals surface area (Å²) in [6, 6.07) is 0.558. The first-order chi connectivity index (χ1) is 9.66. The van der Waals surface area contributed by atoms with Crippen LogP contribution < -0.4 is 0 Å². The summed E-state index contributed by atoms with van der Waals surface area (Å²) in [5, 5.41) is 13.5. The molecule has 3 rings (SSSR count). The molecule has 1 fully saturated rings. The smallest absolute Gasteiger partial charge is 0.356 e. The van der Waals surface area contributed by atoms with Crippen molar-refractivity contribution in [2.75, 3.05) is 29.6 Å². The van der Waals surface area contributed by atoms with Gasteiger partial charge in [0, 0.05) is 66.9 Å². The molecule has 0 saturated carbocycles. The minimum absolute atomic E-state index is 0.237. The minimum Gasteiger partial charge on any atom is -0.476 e. The summed E-state index contributed by atoms with van der Waals surface area (Å²) in [6.07, 6.45) is 0.901. The van der Waals surface area contributed by atoms with Crippen LogP contribution in [0, 0.1) is 0 Å². The molecule has 20 heavy (non-hydrogen) atoms. The van der Waals surface area contributed by atoms with Crippen LogP contribution in [0.15, 0.2) is 0 Å². The largest absolute Gasteiger partial charge is 0.476 e. The first kappa shape index (κ1) is 14.3. The summed E-state index contributed by atoms with van der Waals surface area (Å²) in [6.45, 7) is 1.74. The van der Waals surface area contributed by atoms with Crippen LogP contribution in [0.5, 0.6) is 0 Å². The lowest BCUT2D eigenvalue weighted by Crippen LogP contribution is -2.42. The van der Waals surface area contributed by atoms with E-state index < -0.39 is 5.97 Å². The fourth-order valence-corrected chi connectivity index (χ4v) is 5.54. The van der Waals surface area contributed by atoms with E-state index in [-0.39, 0.29) is 5.69 Å². The maximum absolute atomic E-state index is 11.3. The standard InChI is InChI=1S/C13H19N3O2S2/c1-15-11-2-3-16(9-7-19-4-5-20-8-9)6-10(11)12(14-15)13(17)18/h9H,2-8H2,1H3,(H,17,18). The van der Waals surface area contributed by atoms with Gasteiger partial charge in [0.25, 0.3) is 0 Å². The van der Waals surface area contributed by atoms with E-state index in [1.165, 1.54) is 11.5 Å². The molecule has 110 valence electrons. The topological polar surface area (TPSA) is 58.4 Å². The Morgan fingerprint density at radius 3 is 2.70 bits per heavy atom. The number of hydrogen-bond donors (Lipinski definition) is 1. The third-order valence-corrected chi connectivity index (χ3v) is 6.47. The van der Waals surface area contributed by atoms with Crippen LogP contribution in [-0.2, 0) is 20.0 Å². The molecule has 3 heterocycles. The number of aromatic carboxylic acids is 1. The van der Waals surface area contributed by atoms with Crippen LogP contribution in [-0.4, -0.2) is 61.4 Å². The van der Waals surface area contributed by atoms with Crippen molar-refractivity contribution >= 4 is 29.5 Å². The van der Waals surface area contributed by atoms with Crippen LogP contribution >= 0.6 is 23.5 Å². The van der Waals surface area contributed by atoms with Gasteiger partial charge >= 0.3 is 5.97 Å². The number of aromatic nitrogens is 2. The van der Waals surface area contributed by atoms with Gasteiger partial charge in [-0.25, -0.2) is 4.79 Å². The molecule has 1 aromatic heterocycles. The van der Waals surface area contributed by atoms with E-state index in [1.807, 2.05) is 30.6 Å². The predicted octanol–water partition coefficient (Wildman–Crippen LogP) is 1.33. The molecule has 2 aliphatic rings. The Bertz CT molecular complexity index is 510. The second kappa shape index (κ2) is 5.99. The Kier molecular flexibility index (Phi) is 4.28. The summed E-state index contributed by atoms with van der Waals surface area (Å²) < 4.78 is 1.74. The van der Waals surface area contributed by atoms with Gasteiger partial charge in [0.1, 0.15) is 0 Å². The molecule has 0 aromatic carbocycles. The molecule has 1 aromatic rings. The second-order valence-corrected chi connectivity index (χ2v) is 7.53. The number of fused-ring (bicyclic) bond motifs is 1. The molecule has 0 aliphatic carbocycles. The first-order valence-electron chi connectivity index (χ1n) is 6.84. The van der Waals surface area contributed by atoms with Gasteiger partial charge in [-0.3, -0.25) is 9.58 Å². The number of carbonyl (C=O) groups is 1. The molecule has 0 atom stereocenters. The van der Waals surface area contributed by atoms with Crippen molar-refractivity contribution in [3.63, 3.8) is 0 Å². The van der Waals surface area contributed by atoms with Crippen molar-refractivity contribution in [1.82, 2.24) is 14.7 Å². The Hall–Kier alpha value is -0.660. The molecular weight excluding hydrogens is 294 g/mol. The zero-order valence-corrected chi connectivity index (χ0v) is 13.2. The van der Waals surface area contributed by atoms with Crippen molar-refractivity contribution in [3.8, 4) is 0 Å². The van der Waals surface area contributed by atoms with Crippen molar-refractivity contribution in [2.45, 2.75) is 19.0 Å². The van der Waals surface area contributed by atoms with Gasteiger partial charge in [0.2, 0.25) is 0 Å². The van der Waals surface area contributed by atoms with Crippen LogP contribution in [0.1, 0.15) is 21.7 Å². The number of rotatable bonds is 2. The van der Waals surface area contributed by atoms with Gasteiger partial charge in [0.05, 0.1) is 0 Å². The van der Waals surface area contributed by atoms with E-state index in [4.69, 9.17) is 0 Å². The molecule has 5 nitrogen and oxygen atoms in total. The molecule has 2 aliphatic heterocycles. The molecule has 0 radical (unpaired) electrons. The number of nitrogens with zero attached hydrogens (tertiary/aromatic N) is 3. The highest BCUT2D eigenvalue weighted by Gasteiger charge is 2.30. The molecule has 0 bridgehead atoms. The quantitative estimate of drug-likeness (QED) is 0.889. The third-order valence-electron chi connectivity index (χ3n) is 3.98. The van der Waals surface area contributed by atoms with Gasteiger partial charge in [-0.15, -0.1) is 0 Å². The van der Waals surface area contributed by atoms with Gasteiger partial charge < -0.3 is 5.11 Å². The number of aryl methyl sites for hydroxylation is 1. The molecular formula is C13H19N3O2S2. The third kappa shape index (κ3) is 2.71. The highest BCUT2D eigenvalue weighted by molar-refractivity contribution is 8.03. The number of carboxylic acid groups (broad SMARTS) is 1. The van der Waals surface area contributed by atoms with Crippen LogP contribution in [0.4, 0.5) is 0 Å². The lowest BCUT2D eigenvalue weighted by molar-refractivity contribution is 0.0686. The first-order valence-corrected chi connectivity index (χ1v) is 9.15. The zero-order chi connectivity index (χ0) is 14.1. The maximum atomic E-state index is 11.3. The number of hydrogen-bond acceptors (Lipinski definition) is 5. The summed E-state index contributed by atoms with van der Waals surface area (Å²) in [5.41, 5.74) is 2.25. The van der Waals surface area contributed by atoms with Crippen LogP contribution in [0.2, 0.25) is 0 Å². The average Bonchev–Trinajstić information content (AvgIpc) is 2.64. The summed E-state index contributed by atoms with van der Waals surface area (Å²) in [5.74, 6) is 3.87. The Morgan fingerprint density at radius 1 is 1.35 bits per heavy atom. The van der Waals surface area contributed by atoms with Gasteiger partial charge in [0.15, 0.2) is 5.69 Å². The fourth-order valence-electron chi connectivity index (χ4n) is 2.91. The summed E-state index contributed by atoms with van der Waals surface area (Å²) in [4.78, 5) is 13.8. The molecule has 7 heteroatoms. The van der Waals surface area contributed by atoms with Crippen molar-refractivity contribution in [3.05, 3.63) is 17.0 Å². The van der Waals surface area contributed by atoms with Crippen LogP contribution in [0.3, 0.4) is 0 Å². The number of carboxylic acids is 1. The van der Waals surface area contributed by atoms with Crippen molar-refractivity contribution < 1.29 is 9.90 Å². The lowest BCUT2D eigenvalue weighted by Gasteiger charge is -2.33. The molecule has 1 N–H and O–H groups in total. The normalized spacial score (nSPS) is 21.4.